The van der Waals surface area contributed by atoms with Crippen molar-refractivity contribution >= 4 is 5.97 Å². The van der Waals surface area contributed by atoms with Crippen LogP contribution in [-0.2, 0) is 4.74 Å². The Labute approximate surface area is 171 Å². The Hall–Kier alpha value is -3.65. The summed E-state index contributed by atoms with van der Waals surface area (Å²) in [7, 11) is 0. The third-order valence-electron chi connectivity index (χ3n) is 4.92. The monoisotopic (exact) mass is 378 g/mol. The molecular formula is C27H22O2. The Bertz CT molecular complexity index is 1130. The van der Waals surface area contributed by atoms with Gasteiger partial charge in [-0.15, -0.1) is 0 Å². The standard InChI is InChI=1S/C27H22O2/c1-2-29-27(28)26-18-9-8-17-25(26)22-14-10-13-21(19-22)24-16-7-6-15-23(24)20-11-4-3-5-12-20/h3-19H,2H2,1H3. The summed E-state index contributed by atoms with van der Waals surface area (Å²) < 4.78 is 5.24. The molecule has 0 amide bonds. The van der Waals surface area contributed by atoms with Gasteiger partial charge in [0.15, 0.2) is 0 Å². The Balaban J connectivity index is 1.81. The average molecular weight is 378 g/mol. The van der Waals surface area contributed by atoms with Crippen LogP contribution in [0.2, 0.25) is 0 Å². The molecule has 0 aliphatic heterocycles. The summed E-state index contributed by atoms with van der Waals surface area (Å²) in [5.41, 5.74) is 7.10. The van der Waals surface area contributed by atoms with E-state index in [-0.39, 0.29) is 5.97 Å². The van der Waals surface area contributed by atoms with Crippen molar-refractivity contribution in [3.8, 4) is 33.4 Å². The van der Waals surface area contributed by atoms with Crippen LogP contribution >= 0.6 is 0 Å². The first-order valence-corrected chi connectivity index (χ1v) is 9.79. The zero-order chi connectivity index (χ0) is 20.1. The molecule has 2 heteroatoms. The molecule has 0 atom stereocenters. The molecule has 0 saturated heterocycles. The summed E-state index contributed by atoms with van der Waals surface area (Å²) in [6.07, 6.45) is 0. The van der Waals surface area contributed by atoms with Gasteiger partial charge in [-0.25, -0.2) is 4.79 Å². The molecule has 142 valence electrons. The summed E-state index contributed by atoms with van der Waals surface area (Å²) >= 11 is 0. The molecule has 0 aliphatic rings. The summed E-state index contributed by atoms with van der Waals surface area (Å²) in [5.74, 6) is -0.293. The summed E-state index contributed by atoms with van der Waals surface area (Å²) in [6, 6.07) is 34.7. The normalized spacial score (nSPS) is 10.5. The molecule has 0 bridgehead atoms. The molecule has 29 heavy (non-hydrogen) atoms. The molecule has 0 aromatic heterocycles. The van der Waals surface area contributed by atoms with Gasteiger partial charge in [0.1, 0.15) is 0 Å². The third-order valence-corrected chi connectivity index (χ3v) is 4.92. The van der Waals surface area contributed by atoms with E-state index >= 15 is 0 Å². The van der Waals surface area contributed by atoms with Crippen molar-refractivity contribution in [1.82, 2.24) is 0 Å². The van der Waals surface area contributed by atoms with Gasteiger partial charge in [-0.05, 0) is 52.4 Å². The minimum absolute atomic E-state index is 0.293. The van der Waals surface area contributed by atoms with Crippen molar-refractivity contribution < 1.29 is 9.53 Å². The molecule has 0 spiro atoms. The highest BCUT2D eigenvalue weighted by molar-refractivity contribution is 5.98. The number of hydrogen-bond acceptors (Lipinski definition) is 2. The largest absolute Gasteiger partial charge is 0.462 e. The molecule has 4 rings (SSSR count). The van der Waals surface area contributed by atoms with E-state index in [1.54, 1.807) is 0 Å². The fourth-order valence-corrected chi connectivity index (χ4v) is 3.58. The van der Waals surface area contributed by atoms with E-state index in [0.717, 1.165) is 22.3 Å². The predicted molar refractivity (Wildman–Crippen MR) is 119 cm³/mol. The first-order valence-electron chi connectivity index (χ1n) is 9.79. The van der Waals surface area contributed by atoms with Crippen LogP contribution in [0.4, 0.5) is 0 Å². The van der Waals surface area contributed by atoms with Gasteiger partial charge < -0.3 is 4.74 Å². The van der Waals surface area contributed by atoms with E-state index in [2.05, 4.69) is 60.7 Å². The van der Waals surface area contributed by atoms with Crippen molar-refractivity contribution in [3.63, 3.8) is 0 Å². The minimum atomic E-state index is -0.293. The van der Waals surface area contributed by atoms with Gasteiger partial charge in [-0.2, -0.15) is 0 Å². The minimum Gasteiger partial charge on any atom is -0.462 e. The fraction of sp³-hybridized carbons (Fsp3) is 0.0741. The van der Waals surface area contributed by atoms with Gasteiger partial charge in [0.2, 0.25) is 0 Å². The molecule has 4 aromatic carbocycles. The highest BCUT2D eigenvalue weighted by Gasteiger charge is 2.14. The summed E-state index contributed by atoms with van der Waals surface area (Å²) in [6.45, 7) is 2.18. The first kappa shape index (κ1) is 18.7. The first-order chi connectivity index (χ1) is 14.3. The van der Waals surface area contributed by atoms with Gasteiger partial charge in [0, 0.05) is 0 Å². The molecule has 0 fully saturated rings. The van der Waals surface area contributed by atoms with Crippen LogP contribution < -0.4 is 0 Å². The Morgan fingerprint density at radius 2 is 1.14 bits per heavy atom. The van der Waals surface area contributed by atoms with Gasteiger partial charge >= 0.3 is 5.97 Å². The second-order valence-corrected chi connectivity index (χ2v) is 6.76. The number of rotatable bonds is 5. The highest BCUT2D eigenvalue weighted by atomic mass is 16.5. The SMILES string of the molecule is CCOC(=O)c1ccccc1-c1cccc(-c2ccccc2-c2ccccc2)c1. The van der Waals surface area contributed by atoms with Crippen molar-refractivity contribution in [2.45, 2.75) is 6.92 Å². The van der Waals surface area contributed by atoms with E-state index in [0.29, 0.717) is 12.2 Å². The molecule has 0 heterocycles. The van der Waals surface area contributed by atoms with Crippen LogP contribution in [0.3, 0.4) is 0 Å². The topological polar surface area (TPSA) is 26.3 Å². The second-order valence-electron chi connectivity index (χ2n) is 6.76. The third kappa shape index (κ3) is 3.97. The number of carbonyl (C=O) groups is 1. The van der Waals surface area contributed by atoms with E-state index in [1.165, 1.54) is 11.1 Å². The van der Waals surface area contributed by atoms with Crippen molar-refractivity contribution in [2.75, 3.05) is 6.61 Å². The number of carbonyl (C=O) groups excluding carboxylic acids is 1. The Morgan fingerprint density at radius 1 is 0.621 bits per heavy atom. The quantitative estimate of drug-likeness (QED) is 0.354. The molecule has 0 radical (unpaired) electrons. The highest BCUT2D eigenvalue weighted by Crippen LogP contribution is 2.34. The molecule has 0 aliphatic carbocycles. The maximum absolute atomic E-state index is 12.4. The van der Waals surface area contributed by atoms with Crippen LogP contribution in [0.5, 0.6) is 0 Å². The second kappa shape index (κ2) is 8.57. The van der Waals surface area contributed by atoms with Crippen molar-refractivity contribution in [1.29, 1.82) is 0 Å². The molecule has 0 unspecified atom stereocenters. The van der Waals surface area contributed by atoms with E-state index in [4.69, 9.17) is 4.74 Å². The summed E-state index contributed by atoms with van der Waals surface area (Å²) in [5, 5.41) is 0. The average Bonchev–Trinajstić information content (AvgIpc) is 2.80. The number of esters is 1. The fourth-order valence-electron chi connectivity index (χ4n) is 3.58. The lowest BCUT2D eigenvalue weighted by Gasteiger charge is -2.13. The van der Waals surface area contributed by atoms with Crippen molar-refractivity contribution in [3.05, 3.63) is 109 Å². The molecular weight excluding hydrogens is 356 g/mol. The molecule has 4 aromatic rings. The van der Waals surface area contributed by atoms with Crippen LogP contribution in [0.1, 0.15) is 17.3 Å². The maximum atomic E-state index is 12.4. The lowest BCUT2D eigenvalue weighted by Crippen LogP contribution is -2.06. The number of ether oxygens (including phenoxy) is 1. The predicted octanol–water partition coefficient (Wildman–Crippen LogP) is 6.86. The van der Waals surface area contributed by atoms with Crippen LogP contribution in [0, 0.1) is 0 Å². The maximum Gasteiger partial charge on any atom is 0.338 e. The lowest BCUT2D eigenvalue weighted by molar-refractivity contribution is 0.0527. The van der Waals surface area contributed by atoms with E-state index in [9.17, 15) is 4.79 Å². The molecule has 0 N–H and O–H groups in total. The molecule has 2 nitrogen and oxygen atoms in total. The van der Waals surface area contributed by atoms with Crippen LogP contribution in [0.15, 0.2) is 103 Å². The van der Waals surface area contributed by atoms with Crippen molar-refractivity contribution in [2.24, 2.45) is 0 Å². The Morgan fingerprint density at radius 3 is 1.83 bits per heavy atom. The number of benzene rings is 4. The summed E-state index contributed by atoms with van der Waals surface area (Å²) in [4.78, 5) is 12.4. The van der Waals surface area contributed by atoms with E-state index in [1.807, 2.05) is 49.4 Å². The Kier molecular flexibility index (Phi) is 5.53. The zero-order valence-electron chi connectivity index (χ0n) is 16.3. The lowest BCUT2D eigenvalue weighted by atomic mass is 9.92. The van der Waals surface area contributed by atoms with Gasteiger partial charge in [0.05, 0.1) is 12.2 Å². The molecule has 0 saturated carbocycles. The van der Waals surface area contributed by atoms with Crippen LogP contribution in [0.25, 0.3) is 33.4 Å². The number of hydrogen-bond donors (Lipinski definition) is 0. The van der Waals surface area contributed by atoms with Crippen LogP contribution in [-0.4, -0.2) is 12.6 Å². The van der Waals surface area contributed by atoms with Gasteiger partial charge in [0.25, 0.3) is 0 Å². The van der Waals surface area contributed by atoms with Gasteiger partial charge in [-0.1, -0.05) is 91.0 Å². The van der Waals surface area contributed by atoms with E-state index < -0.39 is 0 Å². The van der Waals surface area contributed by atoms with Gasteiger partial charge in [-0.3, -0.25) is 0 Å². The smallest absolute Gasteiger partial charge is 0.338 e. The zero-order valence-corrected chi connectivity index (χ0v) is 16.3.